The molecule has 0 saturated carbocycles. The predicted molar refractivity (Wildman–Crippen MR) is 61.1 cm³/mol. The van der Waals surface area contributed by atoms with E-state index in [1.807, 2.05) is 11.6 Å². The van der Waals surface area contributed by atoms with Gasteiger partial charge in [0, 0.05) is 11.3 Å². The standard InChI is InChI=1S/C11H11NS.H3N/c1-9-11(13-8-12-9)7-10-5-3-2-4-6-10;/h2-6,8H,7H2,1H3;1H3. The van der Waals surface area contributed by atoms with Crippen LogP contribution in [0.2, 0.25) is 0 Å². The summed E-state index contributed by atoms with van der Waals surface area (Å²) in [6, 6.07) is 10.5. The molecule has 0 fully saturated rings. The average Bonchev–Trinajstić information content (AvgIpc) is 2.54. The Morgan fingerprint density at radius 1 is 1.21 bits per heavy atom. The van der Waals surface area contributed by atoms with Gasteiger partial charge in [-0.1, -0.05) is 30.3 Å². The molecule has 1 heterocycles. The molecule has 0 atom stereocenters. The molecular weight excluding hydrogens is 192 g/mol. The molecule has 1 aromatic carbocycles. The summed E-state index contributed by atoms with van der Waals surface area (Å²) in [7, 11) is 0. The van der Waals surface area contributed by atoms with Gasteiger partial charge in [-0.15, -0.1) is 11.3 Å². The van der Waals surface area contributed by atoms with E-state index >= 15 is 0 Å². The number of aryl methyl sites for hydroxylation is 1. The molecule has 0 saturated heterocycles. The lowest BCUT2D eigenvalue weighted by Gasteiger charge is -1.98. The molecule has 3 N–H and O–H groups in total. The maximum absolute atomic E-state index is 4.23. The SMILES string of the molecule is Cc1ncsc1Cc1ccccc1.N. The molecule has 3 heteroatoms. The summed E-state index contributed by atoms with van der Waals surface area (Å²) in [4.78, 5) is 5.60. The zero-order chi connectivity index (χ0) is 9.10. The summed E-state index contributed by atoms with van der Waals surface area (Å²) in [6.07, 6.45) is 1.01. The first-order valence-electron chi connectivity index (χ1n) is 4.29. The van der Waals surface area contributed by atoms with E-state index in [2.05, 4.69) is 36.2 Å². The topological polar surface area (TPSA) is 47.9 Å². The highest BCUT2D eigenvalue weighted by Gasteiger charge is 2.01. The Balaban J connectivity index is 0.000000980. The van der Waals surface area contributed by atoms with Crippen molar-refractivity contribution in [3.05, 3.63) is 52.0 Å². The Morgan fingerprint density at radius 3 is 2.50 bits per heavy atom. The molecular formula is C11H14N2S. The van der Waals surface area contributed by atoms with Gasteiger partial charge < -0.3 is 6.15 Å². The van der Waals surface area contributed by atoms with Crippen molar-refractivity contribution in [2.24, 2.45) is 0 Å². The van der Waals surface area contributed by atoms with Crippen molar-refractivity contribution in [2.45, 2.75) is 13.3 Å². The number of rotatable bonds is 2. The second-order valence-electron chi connectivity index (χ2n) is 3.02. The summed E-state index contributed by atoms with van der Waals surface area (Å²) in [5.74, 6) is 0. The van der Waals surface area contributed by atoms with Crippen LogP contribution >= 0.6 is 11.3 Å². The summed E-state index contributed by atoms with van der Waals surface area (Å²) >= 11 is 1.73. The van der Waals surface area contributed by atoms with Crippen LogP contribution in [-0.4, -0.2) is 4.98 Å². The number of aromatic nitrogens is 1. The Kier molecular flexibility index (Phi) is 3.80. The smallest absolute Gasteiger partial charge is 0.0797 e. The van der Waals surface area contributed by atoms with Crippen LogP contribution in [0.4, 0.5) is 0 Å². The minimum absolute atomic E-state index is 0. The summed E-state index contributed by atoms with van der Waals surface area (Å²) < 4.78 is 0. The van der Waals surface area contributed by atoms with Gasteiger partial charge in [-0.2, -0.15) is 0 Å². The summed E-state index contributed by atoms with van der Waals surface area (Å²) in [5.41, 5.74) is 4.43. The van der Waals surface area contributed by atoms with Crippen LogP contribution < -0.4 is 6.15 Å². The highest BCUT2D eigenvalue weighted by Crippen LogP contribution is 2.16. The highest BCUT2D eigenvalue weighted by atomic mass is 32.1. The van der Waals surface area contributed by atoms with Gasteiger partial charge in [0.15, 0.2) is 0 Å². The van der Waals surface area contributed by atoms with Crippen LogP contribution in [0.5, 0.6) is 0 Å². The first-order chi connectivity index (χ1) is 6.36. The molecule has 2 nitrogen and oxygen atoms in total. The lowest BCUT2D eigenvalue weighted by molar-refractivity contribution is 1.15. The molecule has 0 aliphatic heterocycles. The van der Waals surface area contributed by atoms with Crippen LogP contribution in [0.15, 0.2) is 35.8 Å². The molecule has 2 rings (SSSR count). The number of hydrogen-bond acceptors (Lipinski definition) is 3. The van der Waals surface area contributed by atoms with Crippen molar-refractivity contribution in [3.8, 4) is 0 Å². The Bertz CT molecular complexity index is 381. The van der Waals surface area contributed by atoms with Gasteiger partial charge in [0.25, 0.3) is 0 Å². The van der Waals surface area contributed by atoms with Gasteiger partial charge in [-0.25, -0.2) is 4.98 Å². The van der Waals surface area contributed by atoms with Crippen LogP contribution in [0.25, 0.3) is 0 Å². The first kappa shape index (κ1) is 10.9. The molecule has 0 unspecified atom stereocenters. The normalized spacial score (nSPS) is 9.50. The van der Waals surface area contributed by atoms with Crippen molar-refractivity contribution < 1.29 is 0 Å². The third-order valence-corrected chi connectivity index (χ3v) is 2.99. The summed E-state index contributed by atoms with van der Waals surface area (Å²) in [5, 5.41) is 0. The average molecular weight is 206 g/mol. The van der Waals surface area contributed by atoms with Gasteiger partial charge in [0.2, 0.25) is 0 Å². The highest BCUT2D eigenvalue weighted by molar-refractivity contribution is 7.09. The molecule has 14 heavy (non-hydrogen) atoms. The Labute approximate surface area is 88.2 Å². The molecule has 0 amide bonds. The zero-order valence-corrected chi connectivity index (χ0v) is 9.05. The quantitative estimate of drug-likeness (QED) is 0.820. The minimum atomic E-state index is 0. The van der Waals surface area contributed by atoms with Crippen molar-refractivity contribution >= 4 is 11.3 Å². The fraction of sp³-hybridized carbons (Fsp3) is 0.182. The minimum Gasteiger partial charge on any atom is -0.344 e. The van der Waals surface area contributed by atoms with E-state index < -0.39 is 0 Å². The van der Waals surface area contributed by atoms with E-state index in [-0.39, 0.29) is 6.15 Å². The lowest BCUT2D eigenvalue weighted by Crippen LogP contribution is -1.86. The van der Waals surface area contributed by atoms with Gasteiger partial charge in [-0.05, 0) is 12.5 Å². The first-order valence-corrected chi connectivity index (χ1v) is 5.17. The molecule has 74 valence electrons. The monoisotopic (exact) mass is 206 g/mol. The van der Waals surface area contributed by atoms with E-state index in [9.17, 15) is 0 Å². The third kappa shape index (κ3) is 2.40. The van der Waals surface area contributed by atoms with E-state index in [1.54, 1.807) is 11.3 Å². The molecule has 0 aliphatic carbocycles. The largest absolute Gasteiger partial charge is 0.344 e. The van der Waals surface area contributed by atoms with E-state index in [0.717, 1.165) is 12.1 Å². The van der Waals surface area contributed by atoms with Crippen molar-refractivity contribution in [1.82, 2.24) is 11.1 Å². The second-order valence-corrected chi connectivity index (χ2v) is 3.96. The number of benzene rings is 1. The van der Waals surface area contributed by atoms with E-state index in [0.29, 0.717) is 0 Å². The molecule has 0 radical (unpaired) electrons. The fourth-order valence-electron chi connectivity index (χ4n) is 1.28. The van der Waals surface area contributed by atoms with Crippen molar-refractivity contribution in [2.75, 3.05) is 0 Å². The third-order valence-electron chi connectivity index (χ3n) is 2.05. The van der Waals surface area contributed by atoms with Gasteiger partial charge in [-0.3, -0.25) is 0 Å². The molecule has 2 aromatic rings. The maximum Gasteiger partial charge on any atom is 0.0797 e. The van der Waals surface area contributed by atoms with Crippen molar-refractivity contribution in [1.29, 1.82) is 0 Å². The van der Waals surface area contributed by atoms with Crippen molar-refractivity contribution in [3.63, 3.8) is 0 Å². The Morgan fingerprint density at radius 2 is 1.93 bits per heavy atom. The van der Waals surface area contributed by atoms with E-state index in [4.69, 9.17) is 0 Å². The molecule has 0 spiro atoms. The van der Waals surface area contributed by atoms with Crippen LogP contribution in [0, 0.1) is 6.92 Å². The molecule has 0 aliphatic rings. The lowest BCUT2D eigenvalue weighted by atomic mass is 10.1. The van der Waals surface area contributed by atoms with E-state index in [1.165, 1.54) is 10.4 Å². The van der Waals surface area contributed by atoms with Crippen LogP contribution in [0.3, 0.4) is 0 Å². The maximum atomic E-state index is 4.23. The summed E-state index contributed by atoms with van der Waals surface area (Å²) in [6.45, 7) is 2.06. The molecule has 1 aromatic heterocycles. The molecule has 0 bridgehead atoms. The number of nitrogens with zero attached hydrogens (tertiary/aromatic N) is 1. The van der Waals surface area contributed by atoms with Gasteiger partial charge in [0.1, 0.15) is 0 Å². The fourth-order valence-corrected chi connectivity index (χ4v) is 2.09. The van der Waals surface area contributed by atoms with Gasteiger partial charge >= 0.3 is 0 Å². The van der Waals surface area contributed by atoms with Crippen LogP contribution in [0.1, 0.15) is 16.1 Å². The Hall–Kier alpha value is -1.19. The van der Waals surface area contributed by atoms with Crippen LogP contribution in [-0.2, 0) is 6.42 Å². The van der Waals surface area contributed by atoms with Gasteiger partial charge in [0.05, 0.1) is 11.2 Å². The predicted octanol–water partition coefficient (Wildman–Crippen LogP) is 3.20. The zero-order valence-electron chi connectivity index (χ0n) is 8.23. The number of thiazole rings is 1. The second kappa shape index (κ2) is 4.88. The number of hydrogen-bond donors (Lipinski definition) is 1.